The van der Waals surface area contributed by atoms with E-state index < -0.39 is 16.1 Å². The van der Waals surface area contributed by atoms with E-state index >= 15 is 0 Å². The minimum Gasteiger partial charge on any atom is -0.351 e. The first-order valence-electron chi connectivity index (χ1n) is 3.93. The number of carbonyl (C=O) groups is 1. The molecule has 16 heavy (non-hydrogen) atoms. The van der Waals surface area contributed by atoms with Crippen molar-refractivity contribution in [2.24, 2.45) is 10.3 Å². The molecule has 0 bridgehead atoms. The van der Waals surface area contributed by atoms with Gasteiger partial charge in [-0.2, -0.15) is 0 Å². The van der Waals surface area contributed by atoms with E-state index in [-0.39, 0.29) is 4.90 Å². The van der Waals surface area contributed by atoms with Gasteiger partial charge in [0.1, 0.15) is 0 Å². The van der Waals surface area contributed by atoms with Crippen LogP contribution in [0.4, 0.5) is 10.5 Å². The quantitative estimate of drug-likeness (QED) is 0.466. The number of hydrogen-bond donors (Lipinski definition) is 2. The Bertz CT molecular complexity index is 544. The maximum Gasteiger partial charge on any atom is 0.316 e. The van der Waals surface area contributed by atoms with E-state index in [1.54, 1.807) is 0 Å². The highest BCUT2D eigenvalue weighted by Gasteiger charge is 2.11. The topological polar surface area (TPSA) is 138 Å². The number of amides is 2. The predicted octanol–water partition coefficient (Wildman–Crippen LogP) is 1.18. The summed E-state index contributed by atoms with van der Waals surface area (Å²) in [5, 5.41) is 2.26. The van der Waals surface area contributed by atoms with E-state index in [4.69, 9.17) is 11.3 Å². The number of carbonyl (C=O) groups excluding carboxylic acids is 1. The van der Waals surface area contributed by atoms with Gasteiger partial charge in [-0.15, -0.1) is 0 Å². The van der Waals surface area contributed by atoms with Crippen LogP contribution >= 0.6 is 0 Å². The molecule has 84 valence electrons. The molecule has 9 heteroatoms. The zero-order valence-corrected chi connectivity index (χ0v) is 8.68. The molecular formula is C7H7N5O3S. The van der Waals surface area contributed by atoms with Crippen molar-refractivity contribution in [1.82, 2.24) is 0 Å². The lowest BCUT2D eigenvalue weighted by Crippen LogP contribution is -2.19. The fourth-order valence-electron chi connectivity index (χ4n) is 0.948. The van der Waals surface area contributed by atoms with Gasteiger partial charge in [0.05, 0.1) is 4.90 Å². The van der Waals surface area contributed by atoms with E-state index in [0.717, 1.165) is 0 Å². The maximum atomic E-state index is 11.2. The highest BCUT2D eigenvalue weighted by molar-refractivity contribution is 7.90. The summed E-state index contributed by atoms with van der Waals surface area (Å²) in [6.07, 6.45) is 0. The zero-order chi connectivity index (χ0) is 12.2. The molecule has 3 N–H and O–H groups in total. The Labute approximate surface area is 90.7 Å². The molecule has 0 saturated carbocycles. The molecule has 0 saturated heterocycles. The van der Waals surface area contributed by atoms with Crippen LogP contribution < -0.4 is 11.1 Å². The third kappa shape index (κ3) is 2.87. The average molecular weight is 241 g/mol. The number of sulfonamides is 1. The highest BCUT2D eigenvalue weighted by Crippen LogP contribution is 2.15. The van der Waals surface area contributed by atoms with Crippen LogP contribution in [0.15, 0.2) is 33.7 Å². The van der Waals surface area contributed by atoms with Gasteiger partial charge < -0.3 is 11.1 Å². The number of primary amides is 1. The van der Waals surface area contributed by atoms with E-state index in [1.807, 2.05) is 0 Å². The van der Waals surface area contributed by atoms with Crippen molar-refractivity contribution in [3.8, 4) is 0 Å². The summed E-state index contributed by atoms with van der Waals surface area (Å²) in [6, 6.07) is 4.27. The third-order valence-corrected chi connectivity index (χ3v) is 2.72. The maximum absolute atomic E-state index is 11.2. The molecule has 1 aromatic carbocycles. The van der Waals surface area contributed by atoms with E-state index in [9.17, 15) is 13.2 Å². The molecule has 1 aromatic rings. The van der Waals surface area contributed by atoms with Crippen LogP contribution in [0.5, 0.6) is 0 Å². The molecule has 0 spiro atoms. The van der Waals surface area contributed by atoms with Gasteiger partial charge in [-0.3, -0.25) is 0 Å². The van der Waals surface area contributed by atoms with Crippen molar-refractivity contribution in [2.45, 2.75) is 4.90 Å². The van der Waals surface area contributed by atoms with Gasteiger partial charge in [-0.25, -0.2) is 13.2 Å². The van der Waals surface area contributed by atoms with Crippen LogP contribution in [0.2, 0.25) is 0 Å². The molecule has 0 heterocycles. The summed E-state index contributed by atoms with van der Waals surface area (Å²) in [5.41, 5.74) is 13.2. The Morgan fingerprint density at radius 1 is 1.38 bits per heavy atom. The Morgan fingerprint density at radius 2 is 1.94 bits per heavy atom. The molecule has 0 aliphatic heterocycles. The minimum absolute atomic E-state index is 0.166. The third-order valence-electron chi connectivity index (χ3n) is 1.56. The first-order valence-corrected chi connectivity index (χ1v) is 5.37. The summed E-state index contributed by atoms with van der Waals surface area (Å²) in [7, 11) is -3.99. The SMILES string of the molecule is [N-]=[N+]=NS(=O)(=O)c1ccc(NC(N)=O)cc1. The van der Waals surface area contributed by atoms with Crippen LogP contribution in [-0.4, -0.2) is 14.4 Å². The Hall–Kier alpha value is -2.25. The fourth-order valence-corrected chi connectivity index (χ4v) is 1.62. The Kier molecular flexibility index (Phi) is 3.33. The lowest BCUT2D eigenvalue weighted by molar-refractivity contribution is 0.259. The van der Waals surface area contributed by atoms with Crippen molar-refractivity contribution in [3.63, 3.8) is 0 Å². The van der Waals surface area contributed by atoms with Crippen LogP contribution in [-0.2, 0) is 10.0 Å². The lowest BCUT2D eigenvalue weighted by Gasteiger charge is -2.02. The number of hydrogen-bond acceptors (Lipinski definition) is 3. The van der Waals surface area contributed by atoms with Gasteiger partial charge in [0, 0.05) is 15.1 Å². The summed E-state index contributed by atoms with van der Waals surface area (Å²) in [4.78, 5) is 12.5. The monoisotopic (exact) mass is 241 g/mol. The second-order valence-corrected chi connectivity index (χ2v) is 4.24. The Balaban J connectivity index is 3.04. The van der Waals surface area contributed by atoms with Gasteiger partial charge in [-0.1, -0.05) is 0 Å². The van der Waals surface area contributed by atoms with Gasteiger partial charge >= 0.3 is 6.03 Å². The first kappa shape index (κ1) is 11.8. The largest absolute Gasteiger partial charge is 0.351 e. The van der Waals surface area contributed by atoms with Gasteiger partial charge in [0.2, 0.25) is 0 Å². The molecule has 1 rings (SSSR count). The van der Waals surface area contributed by atoms with Crippen molar-refractivity contribution in [1.29, 1.82) is 0 Å². The van der Waals surface area contributed by atoms with E-state index in [2.05, 4.69) is 14.7 Å². The number of anilines is 1. The molecule has 0 atom stereocenters. The van der Waals surface area contributed by atoms with Crippen LogP contribution in [0.1, 0.15) is 0 Å². The minimum atomic E-state index is -3.99. The van der Waals surface area contributed by atoms with Crippen molar-refractivity contribution < 1.29 is 13.2 Å². The normalized spacial score (nSPS) is 10.2. The number of urea groups is 1. The number of rotatable bonds is 3. The van der Waals surface area contributed by atoms with Crippen LogP contribution in [0, 0.1) is 0 Å². The first-order chi connectivity index (χ1) is 7.45. The highest BCUT2D eigenvalue weighted by atomic mass is 32.2. The lowest BCUT2D eigenvalue weighted by atomic mass is 10.3. The number of nitrogens with one attached hydrogen (secondary N) is 1. The Morgan fingerprint density at radius 3 is 2.38 bits per heavy atom. The smallest absolute Gasteiger partial charge is 0.316 e. The number of nitrogens with two attached hydrogens (primary N) is 1. The standard InChI is InChI=1S/C7H7N5O3S/c8-7(13)10-5-1-3-6(4-2-5)16(14,15)12-11-9/h1-4H,(H3,8,10,13). The number of nitrogens with zero attached hydrogens (tertiary/aromatic N) is 3. The summed E-state index contributed by atoms with van der Waals surface area (Å²) in [6.45, 7) is 0. The van der Waals surface area contributed by atoms with E-state index in [0.29, 0.717) is 5.69 Å². The average Bonchev–Trinajstić information content (AvgIpc) is 2.17. The molecule has 0 unspecified atom stereocenters. The van der Waals surface area contributed by atoms with Gasteiger partial charge in [0.15, 0.2) is 0 Å². The van der Waals surface area contributed by atoms with Crippen molar-refractivity contribution in [2.75, 3.05) is 5.32 Å². The number of azide groups is 1. The summed E-state index contributed by atoms with van der Waals surface area (Å²) < 4.78 is 25.1. The van der Waals surface area contributed by atoms with Gasteiger partial charge in [-0.05, 0) is 29.8 Å². The summed E-state index contributed by atoms with van der Waals surface area (Å²) >= 11 is 0. The van der Waals surface area contributed by atoms with Gasteiger partial charge in [0.25, 0.3) is 10.0 Å². The summed E-state index contributed by atoms with van der Waals surface area (Å²) in [5.74, 6) is 0. The molecule has 0 aliphatic rings. The fraction of sp³-hybridized carbons (Fsp3) is 0. The van der Waals surface area contributed by atoms with Crippen molar-refractivity contribution >= 4 is 21.7 Å². The molecule has 0 radical (unpaired) electrons. The second-order valence-electron chi connectivity index (χ2n) is 2.66. The molecule has 2 amide bonds. The van der Waals surface area contributed by atoms with E-state index in [1.165, 1.54) is 24.3 Å². The molecular weight excluding hydrogens is 234 g/mol. The number of benzene rings is 1. The zero-order valence-electron chi connectivity index (χ0n) is 7.86. The van der Waals surface area contributed by atoms with Crippen molar-refractivity contribution in [3.05, 3.63) is 34.7 Å². The predicted molar refractivity (Wildman–Crippen MR) is 56.0 cm³/mol. The molecule has 8 nitrogen and oxygen atoms in total. The van der Waals surface area contributed by atoms with Crippen LogP contribution in [0.3, 0.4) is 0 Å². The second kappa shape index (κ2) is 4.51. The molecule has 0 fully saturated rings. The van der Waals surface area contributed by atoms with Crippen LogP contribution in [0.25, 0.3) is 10.4 Å². The molecule has 0 aliphatic carbocycles. The molecule has 0 aromatic heterocycles.